The molecule has 1 N–H and O–H groups in total. The Labute approximate surface area is 170 Å². The predicted molar refractivity (Wildman–Crippen MR) is 112 cm³/mol. The molecule has 2 aromatic carbocycles. The highest BCUT2D eigenvalue weighted by Gasteiger charge is 2.31. The molecule has 0 bridgehead atoms. The number of phenolic OH excluding ortho intramolecular Hbond substituents is 1. The Kier molecular flexibility index (Phi) is 4.76. The first-order chi connectivity index (χ1) is 14.2. The molecule has 1 amide bonds. The lowest BCUT2D eigenvalue weighted by atomic mass is 9.71. The van der Waals surface area contributed by atoms with Crippen molar-refractivity contribution in [3.63, 3.8) is 0 Å². The van der Waals surface area contributed by atoms with Gasteiger partial charge in [-0.1, -0.05) is 30.3 Å². The third-order valence-corrected chi connectivity index (χ3v) is 6.36. The van der Waals surface area contributed by atoms with E-state index in [4.69, 9.17) is 4.74 Å². The number of hydrogen-bond acceptors (Lipinski definition) is 3. The van der Waals surface area contributed by atoms with Gasteiger partial charge < -0.3 is 19.3 Å². The Morgan fingerprint density at radius 2 is 1.83 bits per heavy atom. The van der Waals surface area contributed by atoms with E-state index >= 15 is 0 Å². The van der Waals surface area contributed by atoms with Gasteiger partial charge in [0.05, 0.1) is 24.3 Å². The summed E-state index contributed by atoms with van der Waals surface area (Å²) in [5.74, 6) is 1.51. The third-order valence-electron chi connectivity index (χ3n) is 6.36. The topological polar surface area (TPSA) is 54.7 Å². The van der Waals surface area contributed by atoms with Crippen LogP contribution in [0.25, 0.3) is 10.9 Å². The van der Waals surface area contributed by atoms with Gasteiger partial charge in [0.15, 0.2) is 0 Å². The number of phenols is 1. The number of fused-ring (bicyclic) bond motifs is 1. The Hall–Kier alpha value is -2.79. The second kappa shape index (κ2) is 7.56. The lowest BCUT2D eigenvalue weighted by Crippen LogP contribution is -2.40. The first kappa shape index (κ1) is 18.3. The van der Waals surface area contributed by atoms with E-state index in [1.54, 1.807) is 12.1 Å². The van der Waals surface area contributed by atoms with E-state index in [1.165, 1.54) is 5.56 Å². The molecule has 29 heavy (non-hydrogen) atoms. The summed E-state index contributed by atoms with van der Waals surface area (Å²) in [6.07, 6.45) is 4.31. The molecule has 0 spiro atoms. The van der Waals surface area contributed by atoms with Crippen molar-refractivity contribution in [2.45, 2.75) is 25.3 Å². The fraction of sp³-hybridized carbons (Fsp3) is 0.375. The summed E-state index contributed by atoms with van der Waals surface area (Å²) < 4.78 is 7.54. The number of morpholine rings is 1. The Balaban J connectivity index is 1.38. The van der Waals surface area contributed by atoms with Crippen LogP contribution in [0.15, 0.2) is 54.7 Å². The number of nitrogens with zero attached hydrogens (tertiary/aromatic N) is 2. The first-order valence-corrected chi connectivity index (χ1v) is 10.4. The molecule has 2 aliphatic rings. The molecule has 0 unspecified atom stereocenters. The molecule has 1 aromatic heterocycles. The van der Waals surface area contributed by atoms with Crippen LogP contribution in [0.4, 0.5) is 0 Å². The van der Waals surface area contributed by atoms with E-state index in [1.807, 2.05) is 17.2 Å². The zero-order valence-electron chi connectivity index (χ0n) is 16.5. The van der Waals surface area contributed by atoms with Crippen LogP contribution in [0.1, 0.15) is 34.7 Å². The maximum atomic E-state index is 13.1. The number of benzene rings is 2. The van der Waals surface area contributed by atoms with Crippen molar-refractivity contribution < 1.29 is 14.6 Å². The minimum absolute atomic E-state index is 0.0542. The van der Waals surface area contributed by atoms with Crippen LogP contribution >= 0.6 is 0 Å². The van der Waals surface area contributed by atoms with Crippen LogP contribution < -0.4 is 0 Å². The molecule has 1 aliphatic heterocycles. The normalized spacial score (nSPS) is 21.9. The number of ether oxygens (including phenoxy) is 1. The summed E-state index contributed by atoms with van der Waals surface area (Å²) in [5.41, 5.74) is 3.08. The molecular weight excluding hydrogens is 364 g/mol. The Morgan fingerprint density at radius 1 is 1.07 bits per heavy atom. The highest BCUT2D eigenvalue weighted by atomic mass is 16.5. The van der Waals surface area contributed by atoms with Gasteiger partial charge in [0.2, 0.25) is 0 Å². The van der Waals surface area contributed by atoms with Crippen LogP contribution in [0.5, 0.6) is 5.75 Å². The molecule has 0 atom stereocenters. The summed E-state index contributed by atoms with van der Waals surface area (Å²) in [6, 6.07) is 16.0. The van der Waals surface area contributed by atoms with Crippen LogP contribution in [-0.4, -0.2) is 46.8 Å². The Bertz CT molecular complexity index is 1020. The predicted octanol–water partition coefficient (Wildman–Crippen LogP) is 4.01. The molecular formula is C24H26N2O3. The van der Waals surface area contributed by atoms with Gasteiger partial charge in [-0.25, -0.2) is 0 Å². The molecule has 2 fully saturated rings. The molecule has 0 radical (unpaired) electrons. The second-order valence-electron chi connectivity index (χ2n) is 8.25. The largest absolute Gasteiger partial charge is 0.508 e. The fourth-order valence-electron chi connectivity index (χ4n) is 4.70. The van der Waals surface area contributed by atoms with Crippen molar-refractivity contribution in [2.75, 3.05) is 26.3 Å². The first-order valence-electron chi connectivity index (χ1n) is 10.4. The van der Waals surface area contributed by atoms with Crippen molar-refractivity contribution in [3.05, 3.63) is 65.9 Å². The van der Waals surface area contributed by atoms with Gasteiger partial charge in [-0.15, -0.1) is 0 Å². The zero-order valence-corrected chi connectivity index (χ0v) is 16.5. The van der Waals surface area contributed by atoms with Crippen LogP contribution in [0, 0.1) is 5.92 Å². The molecule has 3 aromatic rings. The SMILES string of the molecule is O=C(c1cn(CC2CC(c3ccccc3)C2)c2cc(O)ccc12)N1CCOCC1. The van der Waals surface area contributed by atoms with Gasteiger partial charge in [-0.05, 0) is 42.4 Å². The van der Waals surface area contributed by atoms with Crippen LogP contribution in [-0.2, 0) is 11.3 Å². The summed E-state index contributed by atoms with van der Waals surface area (Å²) in [6.45, 7) is 3.32. The standard InChI is InChI=1S/C24H26N2O3/c27-20-6-7-21-22(24(28)25-8-10-29-11-9-25)16-26(23(21)14-20)15-17-12-19(13-17)18-4-2-1-3-5-18/h1-7,14,16-17,19,27H,8-13,15H2. The van der Waals surface area contributed by atoms with Gasteiger partial charge in [0.25, 0.3) is 5.91 Å². The van der Waals surface area contributed by atoms with E-state index in [-0.39, 0.29) is 11.7 Å². The maximum absolute atomic E-state index is 13.1. The highest BCUT2D eigenvalue weighted by molar-refractivity contribution is 6.07. The molecule has 1 aliphatic carbocycles. The van der Waals surface area contributed by atoms with Crippen molar-refractivity contribution in [2.24, 2.45) is 5.92 Å². The van der Waals surface area contributed by atoms with Gasteiger partial charge in [-0.3, -0.25) is 4.79 Å². The number of amides is 1. The lowest BCUT2D eigenvalue weighted by molar-refractivity contribution is 0.0304. The molecule has 2 heterocycles. The molecule has 5 rings (SSSR count). The van der Waals surface area contributed by atoms with Crippen molar-refractivity contribution >= 4 is 16.8 Å². The van der Waals surface area contributed by atoms with Gasteiger partial charge in [-0.2, -0.15) is 0 Å². The van der Waals surface area contributed by atoms with E-state index in [0.29, 0.717) is 38.1 Å². The minimum atomic E-state index is 0.0542. The molecule has 5 heteroatoms. The number of aromatic nitrogens is 1. The van der Waals surface area contributed by atoms with Crippen molar-refractivity contribution in [3.8, 4) is 5.75 Å². The quantitative estimate of drug-likeness (QED) is 0.732. The average Bonchev–Trinajstić information content (AvgIpc) is 3.08. The monoisotopic (exact) mass is 390 g/mol. The molecule has 1 saturated heterocycles. The molecule has 5 nitrogen and oxygen atoms in total. The smallest absolute Gasteiger partial charge is 0.256 e. The number of hydrogen-bond donors (Lipinski definition) is 1. The molecule has 150 valence electrons. The van der Waals surface area contributed by atoms with Gasteiger partial charge in [0.1, 0.15) is 5.75 Å². The zero-order chi connectivity index (χ0) is 19.8. The van der Waals surface area contributed by atoms with Gasteiger partial charge >= 0.3 is 0 Å². The van der Waals surface area contributed by atoms with E-state index < -0.39 is 0 Å². The maximum Gasteiger partial charge on any atom is 0.256 e. The number of rotatable bonds is 4. The fourth-order valence-corrected chi connectivity index (χ4v) is 4.70. The van der Waals surface area contributed by atoms with Crippen LogP contribution in [0.2, 0.25) is 0 Å². The molecule has 1 saturated carbocycles. The van der Waals surface area contributed by atoms with E-state index in [9.17, 15) is 9.90 Å². The van der Waals surface area contributed by atoms with Crippen LogP contribution in [0.3, 0.4) is 0 Å². The van der Waals surface area contributed by atoms with E-state index in [2.05, 4.69) is 34.9 Å². The average molecular weight is 390 g/mol. The van der Waals surface area contributed by atoms with Gasteiger partial charge in [0, 0.05) is 37.3 Å². The Morgan fingerprint density at radius 3 is 2.59 bits per heavy atom. The lowest BCUT2D eigenvalue weighted by Gasteiger charge is -2.36. The summed E-state index contributed by atoms with van der Waals surface area (Å²) >= 11 is 0. The summed E-state index contributed by atoms with van der Waals surface area (Å²) in [4.78, 5) is 15.0. The second-order valence-corrected chi connectivity index (χ2v) is 8.25. The van der Waals surface area contributed by atoms with E-state index in [0.717, 1.165) is 35.9 Å². The third kappa shape index (κ3) is 3.51. The summed E-state index contributed by atoms with van der Waals surface area (Å²) in [5, 5.41) is 10.9. The van der Waals surface area contributed by atoms with Crippen molar-refractivity contribution in [1.82, 2.24) is 9.47 Å². The highest BCUT2D eigenvalue weighted by Crippen LogP contribution is 2.43. The summed E-state index contributed by atoms with van der Waals surface area (Å²) in [7, 11) is 0. The minimum Gasteiger partial charge on any atom is -0.508 e. The van der Waals surface area contributed by atoms with Crippen molar-refractivity contribution in [1.29, 1.82) is 0 Å². The number of aromatic hydroxyl groups is 1. The number of carbonyl (C=O) groups excluding carboxylic acids is 1. The number of carbonyl (C=O) groups is 1.